The fourth-order valence-electron chi connectivity index (χ4n) is 10.5. The Morgan fingerprint density at radius 3 is 2.60 bits per heavy atom. The predicted octanol–water partition coefficient (Wildman–Crippen LogP) is 7.97. The number of rotatable bonds is 11. The highest BCUT2D eigenvalue weighted by atomic mass is 16.5. The molecule has 0 radical (unpaired) electrons. The van der Waals surface area contributed by atoms with Gasteiger partial charge in [-0.2, -0.15) is 0 Å². The summed E-state index contributed by atoms with van der Waals surface area (Å²) in [6.07, 6.45) is 15.1. The fraction of sp³-hybridized carbons (Fsp3) is 0.750. The smallest absolute Gasteiger partial charge is 0.0765 e. The molecular weight excluding hydrogens is 558 g/mol. The highest BCUT2D eigenvalue weighted by molar-refractivity contribution is 5.29. The zero-order chi connectivity index (χ0) is 31.6. The maximum absolute atomic E-state index is 10.2. The number of hydrogen-bond acceptors (Lipinski definition) is 5. The zero-order valence-electron chi connectivity index (χ0n) is 28.9. The normalized spacial score (nSPS) is 40.1. The van der Waals surface area contributed by atoms with Gasteiger partial charge in [0.25, 0.3) is 0 Å². The van der Waals surface area contributed by atoms with Gasteiger partial charge < -0.3 is 19.3 Å². The molecule has 1 spiro atoms. The number of ether oxygens (including phenoxy) is 3. The summed E-state index contributed by atoms with van der Waals surface area (Å²) in [5, 5.41) is 10.2. The van der Waals surface area contributed by atoms with Crippen molar-refractivity contribution in [2.45, 2.75) is 123 Å². The molecule has 6 rings (SSSR count). The summed E-state index contributed by atoms with van der Waals surface area (Å²) < 4.78 is 19.3. The molecule has 0 amide bonds. The van der Waals surface area contributed by atoms with Crippen LogP contribution < -0.4 is 0 Å². The molecule has 2 aliphatic heterocycles. The van der Waals surface area contributed by atoms with Crippen LogP contribution in [0.15, 0.2) is 53.6 Å². The molecule has 10 atom stereocenters. The van der Waals surface area contributed by atoms with Crippen molar-refractivity contribution in [1.82, 2.24) is 4.90 Å². The third-order valence-corrected chi connectivity index (χ3v) is 12.8. The monoisotopic (exact) mass is 619 g/mol. The molecule has 2 saturated heterocycles. The minimum absolute atomic E-state index is 0.0454. The van der Waals surface area contributed by atoms with Gasteiger partial charge in [0.1, 0.15) is 0 Å². The van der Waals surface area contributed by atoms with Gasteiger partial charge in [0.15, 0.2) is 0 Å². The molecule has 1 saturated carbocycles. The van der Waals surface area contributed by atoms with Gasteiger partial charge in [-0.05, 0) is 92.9 Å². The van der Waals surface area contributed by atoms with Crippen LogP contribution in [0.3, 0.4) is 0 Å². The van der Waals surface area contributed by atoms with Gasteiger partial charge in [-0.25, -0.2) is 0 Å². The fourth-order valence-corrected chi connectivity index (χ4v) is 10.5. The van der Waals surface area contributed by atoms with Crippen molar-refractivity contribution >= 4 is 0 Å². The molecule has 0 aromatic heterocycles. The number of benzene rings is 1. The van der Waals surface area contributed by atoms with E-state index in [1.165, 1.54) is 44.1 Å². The molecule has 250 valence electrons. The first-order chi connectivity index (χ1) is 21.7. The average molecular weight is 620 g/mol. The molecule has 5 nitrogen and oxygen atoms in total. The Balaban J connectivity index is 1.09. The molecule has 5 aliphatic rings. The number of likely N-dealkylation sites (tertiary alicyclic amines) is 1. The molecule has 2 heterocycles. The van der Waals surface area contributed by atoms with Crippen molar-refractivity contribution < 1.29 is 19.3 Å². The first kappa shape index (κ1) is 33.4. The van der Waals surface area contributed by atoms with Gasteiger partial charge in [0.2, 0.25) is 0 Å². The van der Waals surface area contributed by atoms with E-state index < -0.39 is 0 Å². The van der Waals surface area contributed by atoms with E-state index in [2.05, 4.69) is 75.9 Å². The van der Waals surface area contributed by atoms with Gasteiger partial charge in [-0.15, -0.1) is 0 Å². The Labute approximate surface area is 273 Å². The van der Waals surface area contributed by atoms with E-state index in [1.54, 1.807) is 11.1 Å². The highest BCUT2D eigenvalue weighted by Crippen LogP contribution is 2.60. The Hall–Kier alpha value is -1.50. The van der Waals surface area contributed by atoms with Crippen LogP contribution in [-0.4, -0.2) is 66.8 Å². The lowest BCUT2D eigenvalue weighted by molar-refractivity contribution is -0.0805. The van der Waals surface area contributed by atoms with E-state index in [0.717, 1.165) is 44.9 Å². The van der Waals surface area contributed by atoms with Crippen LogP contribution in [0.2, 0.25) is 0 Å². The minimum atomic E-state index is -0.257. The number of piperidine rings is 1. The predicted molar refractivity (Wildman–Crippen MR) is 182 cm³/mol. The van der Waals surface area contributed by atoms with Crippen LogP contribution in [0.1, 0.15) is 98.0 Å². The van der Waals surface area contributed by atoms with Gasteiger partial charge in [0.05, 0.1) is 44.2 Å². The first-order valence-electron chi connectivity index (χ1n) is 18.4. The summed E-state index contributed by atoms with van der Waals surface area (Å²) in [7, 11) is 0. The SMILES string of the molecule is CCC[C@H]1[C@@H]2CC[C@@]3(CC(C)=C2C[C@@H]1[C@]1(C)C=C[C@@H](O)CC1)O[C@@H]1C[C@H](C)CN(CCOCCOCc2ccccc2)[C@H]1[C@H]3C. The number of fused-ring (bicyclic) bond motifs is 2. The quantitative estimate of drug-likeness (QED) is 0.201. The van der Waals surface area contributed by atoms with Crippen LogP contribution in [-0.2, 0) is 20.8 Å². The van der Waals surface area contributed by atoms with Gasteiger partial charge in [0, 0.05) is 25.0 Å². The molecule has 5 heteroatoms. The summed E-state index contributed by atoms with van der Waals surface area (Å²) in [4.78, 5) is 2.72. The van der Waals surface area contributed by atoms with E-state index in [0.29, 0.717) is 55.6 Å². The maximum atomic E-state index is 10.2. The van der Waals surface area contributed by atoms with Crippen molar-refractivity contribution in [1.29, 1.82) is 0 Å². The second-order valence-corrected chi connectivity index (χ2v) is 15.8. The maximum Gasteiger partial charge on any atom is 0.0765 e. The summed E-state index contributed by atoms with van der Waals surface area (Å²) in [5.74, 6) is 3.28. The van der Waals surface area contributed by atoms with Crippen molar-refractivity contribution in [2.24, 2.45) is 35.0 Å². The van der Waals surface area contributed by atoms with E-state index in [9.17, 15) is 5.11 Å². The number of aliphatic hydroxyl groups is 1. The van der Waals surface area contributed by atoms with Gasteiger partial charge >= 0.3 is 0 Å². The molecule has 45 heavy (non-hydrogen) atoms. The lowest BCUT2D eigenvalue weighted by Gasteiger charge is -2.42. The van der Waals surface area contributed by atoms with Crippen molar-refractivity contribution in [3.8, 4) is 0 Å². The van der Waals surface area contributed by atoms with Crippen LogP contribution in [0.25, 0.3) is 0 Å². The summed E-state index contributed by atoms with van der Waals surface area (Å²) >= 11 is 0. The lowest BCUT2D eigenvalue weighted by Crippen LogP contribution is -2.52. The first-order valence-corrected chi connectivity index (χ1v) is 18.4. The molecule has 1 aromatic carbocycles. The molecule has 1 aromatic rings. The van der Waals surface area contributed by atoms with E-state index >= 15 is 0 Å². The van der Waals surface area contributed by atoms with Gasteiger partial charge in [-0.1, -0.05) is 87.7 Å². The van der Waals surface area contributed by atoms with Crippen LogP contribution in [0, 0.1) is 35.0 Å². The third-order valence-electron chi connectivity index (χ3n) is 12.8. The Morgan fingerprint density at radius 1 is 1.04 bits per heavy atom. The highest BCUT2D eigenvalue weighted by Gasteiger charge is 2.58. The molecular formula is C40H61NO4. The second-order valence-electron chi connectivity index (χ2n) is 15.8. The number of aliphatic hydroxyl groups excluding tert-OH is 1. The molecule has 3 aliphatic carbocycles. The van der Waals surface area contributed by atoms with Gasteiger partial charge in [-0.3, -0.25) is 4.90 Å². The standard InChI is InChI=1S/C40H61NO4/c1-6-10-34-33-15-18-40(25-29(3)35(33)24-36(34)39(5)16-13-32(42)14-17-39)30(4)38-37(45-40)23-28(2)26-41(38)19-20-43-21-22-44-27-31-11-8-7-9-12-31/h7-9,11-13,16,28,30,32-34,36-38,42H,6,10,14-15,17-27H2,1-5H3/t28-,30+,32+,33-,34-,36-,37+,38-,39+,40-/m0/s1. The number of hydrogen-bond donors (Lipinski definition) is 1. The largest absolute Gasteiger partial charge is 0.389 e. The van der Waals surface area contributed by atoms with E-state index in [1.807, 2.05) is 6.07 Å². The van der Waals surface area contributed by atoms with Crippen LogP contribution >= 0.6 is 0 Å². The van der Waals surface area contributed by atoms with Crippen LogP contribution in [0.5, 0.6) is 0 Å². The van der Waals surface area contributed by atoms with Crippen LogP contribution in [0.4, 0.5) is 0 Å². The summed E-state index contributed by atoms with van der Waals surface area (Å²) in [5.41, 5.74) is 4.77. The Kier molecular flexibility index (Phi) is 10.6. The van der Waals surface area contributed by atoms with Crippen molar-refractivity contribution in [2.75, 3.05) is 32.9 Å². The molecule has 0 unspecified atom stereocenters. The molecule has 0 bridgehead atoms. The van der Waals surface area contributed by atoms with Crippen molar-refractivity contribution in [3.05, 3.63) is 59.2 Å². The zero-order valence-corrected chi connectivity index (χ0v) is 28.9. The second kappa shape index (κ2) is 14.3. The Bertz CT molecular complexity index is 1180. The topological polar surface area (TPSA) is 51.2 Å². The average Bonchev–Trinajstić information content (AvgIpc) is 3.48. The van der Waals surface area contributed by atoms with Crippen molar-refractivity contribution in [3.63, 3.8) is 0 Å². The van der Waals surface area contributed by atoms with E-state index in [4.69, 9.17) is 14.2 Å². The minimum Gasteiger partial charge on any atom is -0.389 e. The molecule has 1 N–H and O–H groups in total. The number of nitrogens with zero attached hydrogens (tertiary/aromatic N) is 1. The lowest BCUT2D eigenvalue weighted by atomic mass is 9.64. The summed E-state index contributed by atoms with van der Waals surface area (Å²) in [6.45, 7) is 17.0. The van der Waals surface area contributed by atoms with E-state index in [-0.39, 0.29) is 17.1 Å². The summed E-state index contributed by atoms with van der Waals surface area (Å²) in [6, 6.07) is 10.8. The Morgan fingerprint density at radius 2 is 1.84 bits per heavy atom. The molecule has 3 fully saturated rings. The number of allylic oxidation sites excluding steroid dienone is 2. The third kappa shape index (κ3) is 7.04.